The van der Waals surface area contributed by atoms with Gasteiger partial charge in [0.05, 0.1) is 0 Å². The molecule has 4 nitrogen and oxygen atoms in total. The molecule has 19 heavy (non-hydrogen) atoms. The highest BCUT2D eigenvalue weighted by molar-refractivity contribution is 6.35. The van der Waals surface area contributed by atoms with Crippen LogP contribution in [-0.4, -0.2) is 9.97 Å². The zero-order chi connectivity index (χ0) is 14.0. The molecular formula is C13H14Cl2N4. The van der Waals surface area contributed by atoms with Gasteiger partial charge in [0.1, 0.15) is 5.82 Å². The van der Waals surface area contributed by atoms with Gasteiger partial charge < -0.3 is 5.43 Å². The number of benzene rings is 1. The first kappa shape index (κ1) is 14.1. The van der Waals surface area contributed by atoms with Crippen molar-refractivity contribution < 1.29 is 0 Å². The van der Waals surface area contributed by atoms with Crippen LogP contribution in [0.5, 0.6) is 0 Å². The highest BCUT2D eigenvalue weighted by Gasteiger charge is 2.10. The second-order valence-corrected chi connectivity index (χ2v) is 5.33. The lowest BCUT2D eigenvalue weighted by Crippen LogP contribution is -2.11. The maximum atomic E-state index is 6.00. The molecule has 0 aliphatic rings. The van der Waals surface area contributed by atoms with Gasteiger partial charge in [-0.05, 0) is 24.1 Å². The average Bonchev–Trinajstić information content (AvgIpc) is 2.37. The Hall–Kier alpha value is -1.36. The molecule has 0 aliphatic heterocycles. The molecule has 100 valence electrons. The quantitative estimate of drug-likeness (QED) is 0.667. The summed E-state index contributed by atoms with van der Waals surface area (Å²) in [5, 5.41) is 1.09. The molecule has 2 rings (SSSR count). The lowest BCUT2D eigenvalue weighted by Gasteiger charge is -2.10. The molecule has 3 N–H and O–H groups in total. The summed E-state index contributed by atoms with van der Waals surface area (Å²) in [6, 6.07) is 7.03. The second kappa shape index (κ2) is 5.74. The zero-order valence-corrected chi connectivity index (χ0v) is 12.1. The summed E-state index contributed by atoms with van der Waals surface area (Å²) in [4.78, 5) is 8.83. The van der Waals surface area contributed by atoms with Crippen molar-refractivity contribution in [1.82, 2.24) is 9.97 Å². The fourth-order valence-electron chi connectivity index (χ4n) is 1.65. The molecule has 0 aliphatic carbocycles. The van der Waals surface area contributed by atoms with Gasteiger partial charge in [-0.15, -0.1) is 0 Å². The Morgan fingerprint density at radius 3 is 2.21 bits per heavy atom. The first-order chi connectivity index (χ1) is 8.99. The molecule has 6 heteroatoms. The molecule has 1 heterocycles. The lowest BCUT2D eigenvalue weighted by molar-refractivity contribution is 0.817. The number of hydrogen-bond acceptors (Lipinski definition) is 4. The fraction of sp³-hybridized carbons (Fsp3) is 0.231. The van der Waals surface area contributed by atoms with Crippen LogP contribution in [0, 0.1) is 0 Å². The van der Waals surface area contributed by atoms with E-state index >= 15 is 0 Å². The Bertz CT molecular complexity index is 579. The van der Waals surface area contributed by atoms with Crippen molar-refractivity contribution in [2.24, 2.45) is 5.84 Å². The predicted molar refractivity (Wildman–Crippen MR) is 79.4 cm³/mol. The summed E-state index contributed by atoms with van der Waals surface area (Å²) in [6.45, 7) is 4.11. The van der Waals surface area contributed by atoms with Crippen LogP contribution in [0.15, 0.2) is 24.3 Å². The van der Waals surface area contributed by atoms with Gasteiger partial charge in [0.15, 0.2) is 5.82 Å². The minimum atomic E-state index is 0.267. The van der Waals surface area contributed by atoms with E-state index in [-0.39, 0.29) is 5.92 Å². The van der Waals surface area contributed by atoms with Crippen LogP contribution >= 0.6 is 23.2 Å². The maximum Gasteiger partial charge on any atom is 0.161 e. The van der Waals surface area contributed by atoms with Crippen LogP contribution in [0.2, 0.25) is 10.0 Å². The van der Waals surface area contributed by atoms with Gasteiger partial charge in [0.25, 0.3) is 0 Å². The largest absolute Gasteiger partial charge is 0.308 e. The van der Waals surface area contributed by atoms with Crippen molar-refractivity contribution in [2.45, 2.75) is 19.8 Å². The van der Waals surface area contributed by atoms with Gasteiger partial charge in [-0.2, -0.15) is 0 Å². The van der Waals surface area contributed by atoms with Crippen molar-refractivity contribution in [3.05, 3.63) is 40.0 Å². The first-order valence-electron chi connectivity index (χ1n) is 5.81. The highest BCUT2D eigenvalue weighted by atomic mass is 35.5. The van der Waals surface area contributed by atoms with Crippen LogP contribution in [-0.2, 0) is 0 Å². The summed E-state index contributed by atoms with van der Waals surface area (Å²) in [7, 11) is 0. The molecular weight excluding hydrogens is 283 g/mol. The van der Waals surface area contributed by atoms with Crippen molar-refractivity contribution in [2.75, 3.05) is 5.43 Å². The minimum Gasteiger partial charge on any atom is -0.308 e. The summed E-state index contributed by atoms with van der Waals surface area (Å²) in [5.41, 5.74) is 4.20. The van der Waals surface area contributed by atoms with E-state index in [1.807, 2.05) is 6.07 Å². The van der Waals surface area contributed by atoms with Crippen molar-refractivity contribution in [3.63, 3.8) is 0 Å². The van der Waals surface area contributed by atoms with Gasteiger partial charge in [0, 0.05) is 27.4 Å². The standard InChI is InChI=1S/C13H14Cl2N4/c1-7(2)11-6-12(19-16)18-13(17-11)8-3-9(14)5-10(15)4-8/h3-7H,16H2,1-2H3,(H,17,18,19). The van der Waals surface area contributed by atoms with E-state index in [0.29, 0.717) is 21.7 Å². The van der Waals surface area contributed by atoms with E-state index in [1.165, 1.54) is 0 Å². The van der Waals surface area contributed by atoms with E-state index in [4.69, 9.17) is 29.0 Å². The number of nitrogen functional groups attached to an aromatic ring is 1. The van der Waals surface area contributed by atoms with Gasteiger partial charge in [0.2, 0.25) is 0 Å². The number of hydrogen-bond donors (Lipinski definition) is 2. The Balaban J connectivity index is 2.57. The van der Waals surface area contributed by atoms with Crippen molar-refractivity contribution in [3.8, 4) is 11.4 Å². The number of nitrogens with zero attached hydrogens (tertiary/aromatic N) is 2. The van der Waals surface area contributed by atoms with E-state index in [2.05, 4.69) is 29.2 Å². The second-order valence-electron chi connectivity index (χ2n) is 4.46. The fourth-order valence-corrected chi connectivity index (χ4v) is 2.17. The monoisotopic (exact) mass is 296 g/mol. The van der Waals surface area contributed by atoms with Crippen LogP contribution in [0.3, 0.4) is 0 Å². The molecule has 0 saturated carbocycles. The maximum absolute atomic E-state index is 6.00. The molecule has 1 aromatic carbocycles. The smallest absolute Gasteiger partial charge is 0.161 e. The van der Waals surface area contributed by atoms with Crippen LogP contribution < -0.4 is 11.3 Å². The normalized spacial score (nSPS) is 10.8. The molecule has 0 amide bonds. The van der Waals surface area contributed by atoms with Gasteiger partial charge in [-0.1, -0.05) is 37.0 Å². The number of nitrogens with two attached hydrogens (primary N) is 1. The first-order valence-corrected chi connectivity index (χ1v) is 6.57. The third-order valence-electron chi connectivity index (χ3n) is 2.61. The van der Waals surface area contributed by atoms with E-state index in [1.54, 1.807) is 18.2 Å². The summed E-state index contributed by atoms with van der Waals surface area (Å²) in [5.74, 6) is 6.81. The predicted octanol–water partition coefficient (Wildman–Crippen LogP) is 3.86. The molecule has 1 aromatic heterocycles. The number of rotatable bonds is 3. The third-order valence-corrected chi connectivity index (χ3v) is 3.04. The van der Waals surface area contributed by atoms with E-state index in [0.717, 1.165) is 11.3 Å². The molecule has 0 fully saturated rings. The Labute approximate surface area is 121 Å². The van der Waals surface area contributed by atoms with E-state index in [9.17, 15) is 0 Å². The minimum absolute atomic E-state index is 0.267. The summed E-state index contributed by atoms with van der Waals surface area (Å²) in [6.07, 6.45) is 0. The number of anilines is 1. The molecule has 0 bridgehead atoms. The van der Waals surface area contributed by atoms with Crippen LogP contribution in [0.4, 0.5) is 5.82 Å². The molecule has 2 aromatic rings. The Morgan fingerprint density at radius 2 is 1.68 bits per heavy atom. The molecule has 0 unspecified atom stereocenters. The molecule has 0 spiro atoms. The van der Waals surface area contributed by atoms with Gasteiger partial charge in [-0.3, -0.25) is 0 Å². The van der Waals surface area contributed by atoms with E-state index < -0.39 is 0 Å². The summed E-state index contributed by atoms with van der Waals surface area (Å²) < 4.78 is 0. The number of halogens is 2. The Morgan fingerprint density at radius 1 is 1.05 bits per heavy atom. The Kier molecular flexibility index (Phi) is 4.24. The average molecular weight is 297 g/mol. The van der Waals surface area contributed by atoms with Crippen molar-refractivity contribution in [1.29, 1.82) is 0 Å². The van der Waals surface area contributed by atoms with Crippen LogP contribution in [0.1, 0.15) is 25.5 Å². The molecule has 0 saturated heterocycles. The van der Waals surface area contributed by atoms with Crippen LogP contribution in [0.25, 0.3) is 11.4 Å². The van der Waals surface area contributed by atoms with Gasteiger partial charge >= 0.3 is 0 Å². The molecule has 0 atom stereocenters. The number of nitrogens with one attached hydrogen (secondary N) is 1. The number of aromatic nitrogens is 2. The van der Waals surface area contributed by atoms with Gasteiger partial charge in [-0.25, -0.2) is 15.8 Å². The van der Waals surface area contributed by atoms with Crippen molar-refractivity contribution >= 4 is 29.0 Å². The third kappa shape index (κ3) is 3.35. The topological polar surface area (TPSA) is 63.8 Å². The zero-order valence-electron chi connectivity index (χ0n) is 10.6. The highest BCUT2D eigenvalue weighted by Crippen LogP contribution is 2.27. The number of hydrazine groups is 1. The molecule has 0 radical (unpaired) electrons. The summed E-state index contributed by atoms with van der Waals surface area (Å²) >= 11 is 12.0. The SMILES string of the molecule is CC(C)c1cc(NN)nc(-c2cc(Cl)cc(Cl)c2)n1. The lowest BCUT2D eigenvalue weighted by atomic mass is 10.1.